The summed E-state index contributed by atoms with van der Waals surface area (Å²) < 4.78 is 0. The van der Waals surface area contributed by atoms with Gasteiger partial charge in [0.25, 0.3) is 0 Å². The molecular weight excluding hydrogens is 394 g/mol. The highest BCUT2D eigenvalue weighted by atomic mass is 15.1. The minimum absolute atomic E-state index is 0.0972. The monoisotopic (exact) mass is 417 g/mol. The van der Waals surface area contributed by atoms with Crippen molar-refractivity contribution in [2.75, 3.05) is 16.4 Å². The highest BCUT2D eigenvalue weighted by Gasteiger charge is 2.17. The maximum Gasteiger partial charge on any atom is 0.159 e. The summed E-state index contributed by atoms with van der Waals surface area (Å²) in [5.41, 5.74) is 10.2. The van der Waals surface area contributed by atoms with Gasteiger partial charge in [-0.15, -0.1) is 0 Å². The van der Waals surface area contributed by atoms with Gasteiger partial charge in [-0.25, -0.2) is 9.97 Å². The lowest BCUT2D eigenvalue weighted by molar-refractivity contribution is 0.924. The van der Waals surface area contributed by atoms with Crippen molar-refractivity contribution in [3.05, 3.63) is 121 Å². The van der Waals surface area contributed by atoms with Gasteiger partial charge in [-0.05, 0) is 22.6 Å². The Kier molecular flexibility index (Phi) is 5.37. The van der Waals surface area contributed by atoms with Crippen LogP contribution in [0.2, 0.25) is 0 Å². The van der Waals surface area contributed by atoms with Gasteiger partial charge in [0.15, 0.2) is 11.6 Å². The van der Waals surface area contributed by atoms with Crippen LogP contribution in [0, 0.1) is 0 Å². The molecule has 0 saturated carbocycles. The van der Waals surface area contributed by atoms with Crippen LogP contribution in [0.4, 0.5) is 23.0 Å². The first kappa shape index (κ1) is 19.6. The van der Waals surface area contributed by atoms with Crippen molar-refractivity contribution >= 4 is 33.8 Å². The van der Waals surface area contributed by atoms with Crippen LogP contribution < -0.4 is 16.4 Å². The molecule has 0 aliphatic carbocycles. The van der Waals surface area contributed by atoms with E-state index in [-0.39, 0.29) is 6.04 Å². The van der Waals surface area contributed by atoms with Crippen molar-refractivity contribution in [2.45, 2.75) is 6.04 Å². The number of benzene rings is 4. The highest BCUT2D eigenvalue weighted by molar-refractivity contribution is 5.96. The van der Waals surface area contributed by atoms with Gasteiger partial charge in [0.1, 0.15) is 12.0 Å². The maximum atomic E-state index is 6.53. The third-order valence-electron chi connectivity index (χ3n) is 5.47. The molecule has 156 valence electrons. The molecule has 0 aliphatic rings. The summed E-state index contributed by atoms with van der Waals surface area (Å²) in [7, 11) is 0. The molecule has 5 aromatic rings. The molecule has 4 aromatic carbocycles. The molecule has 0 amide bonds. The number of rotatable bonds is 6. The Morgan fingerprint density at radius 3 is 1.94 bits per heavy atom. The summed E-state index contributed by atoms with van der Waals surface area (Å²) in [4.78, 5) is 8.85. The Hall–Kier alpha value is -4.38. The molecule has 32 heavy (non-hydrogen) atoms. The summed E-state index contributed by atoms with van der Waals surface area (Å²) in [6.45, 7) is 0. The smallest absolute Gasteiger partial charge is 0.159 e. The normalized spacial score (nSPS) is 10.9. The van der Waals surface area contributed by atoms with Crippen molar-refractivity contribution in [1.29, 1.82) is 0 Å². The fourth-order valence-electron chi connectivity index (χ4n) is 3.86. The number of hydrogen-bond acceptors (Lipinski definition) is 5. The predicted octanol–water partition coefficient (Wildman–Crippen LogP) is 6.16. The fourth-order valence-corrected chi connectivity index (χ4v) is 3.86. The molecule has 0 unspecified atom stereocenters. The lowest BCUT2D eigenvalue weighted by Crippen LogP contribution is -2.15. The van der Waals surface area contributed by atoms with Gasteiger partial charge < -0.3 is 16.4 Å². The summed E-state index contributed by atoms with van der Waals surface area (Å²) in [6, 6.07) is 34.8. The molecule has 0 saturated heterocycles. The van der Waals surface area contributed by atoms with E-state index in [1.165, 1.54) is 6.33 Å². The van der Waals surface area contributed by atoms with Gasteiger partial charge in [0.2, 0.25) is 0 Å². The molecule has 5 nitrogen and oxygen atoms in total. The number of nitrogen functional groups attached to an aromatic ring is 1. The third-order valence-corrected chi connectivity index (χ3v) is 5.47. The highest BCUT2D eigenvalue weighted by Crippen LogP contribution is 2.33. The van der Waals surface area contributed by atoms with E-state index in [9.17, 15) is 0 Å². The Morgan fingerprint density at radius 2 is 1.22 bits per heavy atom. The van der Waals surface area contributed by atoms with E-state index >= 15 is 0 Å². The molecule has 0 fully saturated rings. The number of nitrogens with two attached hydrogens (primary N) is 1. The molecule has 1 heterocycles. The van der Waals surface area contributed by atoms with E-state index in [1.54, 1.807) is 0 Å². The minimum Gasteiger partial charge on any atom is -0.393 e. The number of anilines is 4. The molecule has 5 heteroatoms. The quantitative estimate of drug-likeness (QED) is 0.309. The standard InChI is InChI=1S/C27H23N5/c28-24-26(31-23-17-9-15-19-10-7-8-16-22(19)23)29-18-30-27(24)32-25(20-11-3-1-4-12-20)21-13-5-2-6-14-21/h1-18,25H,28H2,(H2,29,30,31,32). The van der Waals surface area contributed by atoms with E-state index in [4.69, 9.17) is 5.73 Å². The second-order valence-electron chi connectivity index (χ2n) is 7.53. The van der Waals surface area contributed by atoms with Crippen LogP contribution in [0.1, 0.15) is 17.2 Å². The number of fused-ring (bicyclic) bond motifs is 1. The molecule has 5 rings (SSSR count). The van der Waals surface area contributed by atoms with Crippen LogP contribution in [0.25, 0.3) is 10.8 Å². The fraction of sp³-hybridized carbons (Fsp3) is 0.0370. The Labute approximate surface area is 187 Å². The largest absolute Gasteiger partial charge is 0.393 e. The SMILES string of the molecule is Nc1c(Nc2cccc3ccccc23)ncnc1NC(c1ccccc1)c1ccccc1. The molecule has 0 bridgehead atoms. The van der Waals surface area contributed by atoms with E-state index in [0.717, 1.165) is 27.6 Å². The predicted molar refractivity (Wildman–Crippen MR) is 132 cm³/mol. The molecule has 0 atom stereocenters. The Bertz CT molecular complexity index is 1290. The topological polar surface area (TPSA) is 75.9 Å². The molecule has 0 radical (unpaired) electrons. The molecule has 0 aliphatic heterocycles. The van der Waals surface area contributed by atoms with Crippen LogP contribution >= 0.6 is 0 Å². The van der Waals surface area contributed by atoms with Gasteiger partial charge in [0, 0.05) is 11.1 Å². The van der Waals surface area contributed by atoms with Crippen molar-refractivity contribution in [2.24, 2.45) is 0 Å². The molecular formula is C27H23N5. The van der Waals surface area contributed by atoms with Crippen molar-refractivity contribution < 1.29 is 0 Å². The van der Waals surface area contributed by atoms with Crippen LogP contribution in [0.5, 0.6) is 0 Å². The van der Waals surface area contributed by atoms with Crippen molar-refractivity contribution in [3.8, 4) is 0 Å². The van der Waals surface area contributed by atoms with Crippen LogP contribution in [0.3, 0.4) is 0 Å². The van der Waals surface area contributed by atoms with E-state index in [1.807, 2.05) is 60.7 Å². The summed E-state index contributed by atoms with van der Waals surface area (Å²) in [5, 5.41) is 9.17. The average molecular weight is 418 g/mol. The van der Waals surface area contributed by atoms with Gasteiger partial charge in [0.05, 0.1) is 6.04 Å². The molecule has 1 aromatic heterocycles. The number of aromatic nitrogens is 2. The first-order chi connectivity index (χ1) is 15.8. The van der Waals surface area contributed by atoms with Crippen molar-refractivity contribution in [1.82, 2.24) is 9.97 Å². The summed E-state index contributed by atoms with van der Waals surface area (Å²) >= 11 is 0. The first-order valence-electron chi connectivity index (χ1n) is 10.5. The van der Waals surface area contributed by atoms with Gasteiger partial charge in [-0.2, -0.15) is 0 Å². The van der Waals surface area contributed by atoms with Gasteiger partial charge in [-0.3, -0.25) is 0 Å². The number of hydrogen-bond donors (Lipinski definition) is 3. The zero-order valence-corrected chi connectivity index (χ0v) is 17.4. The van der Waals surface area contributed by atoms with Crippen molar-refractivity contribution in [3.63, 3.8) is 0 Å². The average Bonchev–Trinajstić information content (AvgIpc) is 2.86. The van der Waals surface area contributed by atoms with Gasteiger partial charge >= 0.3 is 0 Å². The molecule has 0 spiro atoms. The third kappa shape index (κ3) is 3.96. The zero-order valence-electron chi connectivity index (χ0n) is 17.4. The first-order valence-corrected chi connectivity index (χ1v) is 10.5. The second-order valence-corrected chi connectivity index (χ2v) is 7.53. The Morgan fingerprint density at radius 1 is 0.625 bits per heavy atom. The lowest BCUT2D eigenvalue weighted by Gasteiger charge is -2.22. The van der Waals surface area contributed by atoms with E-state index in [0.29, 0.717) is 17.3 Å². The second kappa shape index (κ2) is 8.78. The van der Waals surface area contributed by atoms with Crippen LogP contribution in [-0.2, 0) is 0 Å². The number of nitrogens with zero attached hydrogens (tertiary/aromatic N) is 2. The minimum atomic E-state index is -0.0972. The van der Waals surface area contributed by atoms with Gasteiger partial charge in [-0.1, -0.05) is 97.1 Å². The molecule has 4 N–H and O–H groups in total. The van der Waals surface area contributed by atoms with Crippen LogP contribution in [0.15, 0.2) is 109 Å². The van der Waals surface area contributed by atoms with Crippen LogP contribution in [-0.4, -0.2) is 9.97 Å². The Balaban J connectivity index is 1.50. The van der Waals surface area contributed by atoms with E-state index < -0.39 is 0 Å². The maximum absolute atomic E-state index is 6.53. The number of nitrogens with one attached hydrogen (secondary N) is 2. The zero-order chi connectivity index (χ0) is 21.8. The lowest BCUT2D eigenvalue weighted by atomic mass is 9.99. The van der Waals surface area contributed by atoms with E-state index in [2.05, 4.69) is 63.1 Å². The summed E-state index contributed by atoms with van der Waals surface area (Å²) in [6.07, 6.45) is 1.53. The summed E-state index contributed by atoms with van der Waals surface area (Å²) in [5.74, 6) is 1.15.